The Hall–Kier alpha value is -2.32. The number of hydrogen-bond donors (Lipinski definition) is 1. The number of sulfonamides is 1. The van der Waals surface area contributed by atoms with Crippen LogP contribution in [0.2, 0.25) is 0 Å². The number of carbonyl (C=O) groups is 1. The molecule has 1 amide bonds. The summed E-state index contributed by atoms with van der Waals surface area (Å²) in [5, 5.41) is -0.278. The molecule has 5 rings (SSSR count). The zero-order valence-corrected chi connectivity index (χ0v) is 17.7. The number of rotatable bonds is 7. The van der Waals surface area contributed by atoms with Gasteiger partial charge in [0.05, 0.1) is 10.8 Å². The summed E-state index contributed by atoms with van der Waals surface area (Å²) in [7, 11) is -3.27. The van der Waals surface area contributed by atoms with Crippen molar-refractivity contribution in [3.63, 3.8) is 0 Å². The molecule has 3 fully saturated rings. The van der Waals surface area contributed by atoms with Crippen molar-refractivity contribution in [2.75, 3.05) is 13.1 Å². The maximum atomic E-state index is 14.4. The van der Waals surface area contributed by atoms with Gasteiger partial charge >= 0.3 is 0 Å². The van der Waals surface area contributed by atoms with Crippen molar-refractivity contribution in [3.8, 4) is 11.1 Å². The van der Waals surface area contributed by atoms with Crippen molar-refractivity contribution in [1.29, 1.82) is 0 Å². The summed E-state index contributed by atoms with van der Waals surface area (Å²) in [5.74, 6) is -1.58. The Bertz CT molecular complexity index is 1110. The first-order valence-electron chi connectivity index (χ1n) is 10.7. The quantitative estimate of drug-likeness (QED) is 0.709. The molecule has 164 valence electrons. The van der Waals surface area contributed by atoms with Crippen molar-refractivity contribution in [3.05, 3.63) is 59.7 Å². The predicted molar refractivity (Wildman–Crippen MR) is 113 cm³/mol. The smallest absolute Gasteiger partial charge is 0.226 e. The third kappa shape index (κ3) is 3.87. The van der Waals surface area contributed by atoms with Crippen molar-refractivity contribution in [2.45, 2.75) is 42.9 Å². The molecule has 2 aromatic rings. The van der Waals surface area contributed by atoms with E-state index in [9.17, 15) is 22.0 Å². The summed E-state index contributed by atoms with van der Waals surface area (Å²) in [4.78, 5) is 14.8. The lowest BCUT2D eigenvalue weighted by molar-refractivity contribution is -0.140. The zero-order chi connectivity index (χ0) is 21.8. The molecule has 1 N–H and O–H groups in total. The number of amides is 1. The number of nitrogens with one attached hydrogen (secondary N) is 1. The number of carbonyl (C=O) groups excluding carboxylic acids is 1. The third-order valence-electron chi connectivity index (χ3n) is 6.61. The van der Waals surface area contributed by atoms with E-state index in [4.69, 9.17) is 0 Å². The first-order chi connectivity index (χ1) is 14.9. The highest BCUT2D eigenvalue weighted by Gasteiger charge is 2.49. The second-order valence-corrected chi connectivity index (χ2v) is 10.7. The molecule has 3 atom stereocenters. The molecule has 0 aromatic heterocycles. The van der Waals surface area contributed by atoms with Gasteiger partial charge in [0.15, 0.2) is 0 Å². The largest absolute Gasteiger partial charge is 0.338 e. The lowest BCUT2D eigenvalue weighted by Gasteiger charge is -2.41. The summed E-state index contributed by atoms with van der Waals surface area (Å²) in [6.07, 6.45) is 2.80. The van der Waals surface area contributed by atoms with Crippen LogP contribution in [0, 0.1) is 17.6 Å². The average Bonchev–Trinajstić information content (AvgIpc) is 3.61. The number of likely N-dealkylation sites (tertiary alicyclic amines) is 1. The summed E-state index contributed by atoms with van der Waals surface area (Å²) in [6, 6.07) is 10.8. The van der Waals surface area contributed by atoms with Gasteiger partial charge in [0, 0.05) is 25.0 Å². The number of benzene rings is 2. The van der Waals surface area contributed by atoms with E-state index in [2.05, 4.69) is 4.72 Å². The van der Waals surface area contributed by atoms with E-state index in [0.29, 0.717) is 31.4 Å². The molecule has 1 heterocycles. The number of hydrogen-bond acceptors (Lipinski definition) is 3. The van der Waals surface area contributed by atoms with Gasteiger partial charge in [-0.05, 0) is 54.9 Å². The highest BCUT2D eigenvalue weighted by atomic mass is 32.2. The molecule has 0 spiro atoms. The fourth-order valence-electron chi connectivity index (χ4n) is 4.48. The van der Waals surface area contributed by atoms with Crippen molar-refractivity contribution >= 4 is 15.9 Å². The van der Waals surface area contributed by atoms with E-state index in [-0.39, 0.29) is 41.1 Å². The highest BCUT2D eigenvalue weighted by Crippen LogP contribution is 2.52. The van der Waals surface area contributed by atoms with Crippen molar-refractivity contribution in [2.24, 2.45) is 5.92 Å². The topological polar surface area (TPSA) is 66.5 Å². The van der Waals surface area contributed by atoms with E-state index >= 15 is 0 Å². The molecule has 2 aliphatic carbocycles. The van der Waals surface area contributed by atoms with Gasteiger partial charge in [-0.25, -0.2) is 21.9 Å². The second-order valence-electron chi connectivity index (χ2n) is 8.70. The minimum absolute atomic E-state index is 0.00400. The van der Waals surface area contributed by atoms with Crippen LogP contribution in [0.1, 0.15) is 37.2 Å². The molecule has 3 aliphatic rings. The maximum absolute atomic E-state index is 14.4. The number of halogens is 2. The van der Waals surface area contributed by atoms with Gasteiger partial charge in [0.25, 0.3) is 0 Å². The first-order valence-corrected chi connectivity index (χ1v) is 12.2. The van der Waals surface area contributed by atoms with E-state index in [0.717, 1.165) is 12.0 Å². The molecular formula is C23H24F2N2O3S. The van der Waals surface area contributed by atoms with E-state index in [1.807, 2.05) is 12.1 Å². The molecule has 2 saturated carbocycles. The third-order valence-corrected chi connectivity index (χ3v) is 8.53. The molecule has 1 aliphatic heterocycles. The Balaban J connectivity index is 1.29. The Morgan fingerprint density at radius 1 is 1.03 bits per heavy atom. The van der Waals surface area contributed by atoms with E-state index < -0.39 is 21.7 Å². The van der Waals surface area contributed by atoms with Crippen LogP contribution >= 0.6 is 0 Å². The normalized spacial score (nSPS) is 25.2. The van der Waals surface area contributed by atoms with Crippen LogP contribution in [-0.2, 0) is 14.8 Å². The Kier molecular flexibility index (Phi) is 5.09. The molecule has 8 heteroatoms. The van der Waals surface area contributed by atoms with Gasteiger partial charge in [-0.3, -0.25) is 4.79 Å². The summed E-state index contributed by atoms with van der Waals surface area (Å²) >= 11 is 0. The zero-order valence-electron chi connectivity index (χ0n) is 16.9. The molecule has 0 radical (unpaired) electrons. The van der Waals surface area contributed by atoms with Crippen LogP contribution < -0.4 is 4.72 Å². The summed E-state index contributed by atoms with van der Waals surface area (Å²) in [6.45, 7) is 0.862. The molecule has 0 bridgehead atoms. The van der Waals surface area contributed by atoms with Crippen molar-refractivity contribution in [1.82, 2.24) is 9.62 Å². The molecule has 5 nitrogen and oxygen atoms in total. The minimum atomic E-state index is -3.27. The molecule has 0 unspecified atom stereocenters. The maximum Gasteiger partial charge on any atom is 0.226 e. The minimum Gasteiger partial charge on any atom is -0.338 e. The van der Waals surface area contributed by atoms with Crippen LogP contribution in [0.4, 0.5) is 8.78 Å². The average molecular weight is 447 g/mol. The van der Waals surface area contributed by atoms with Gasteiger partial charge in [-0.15, -0.1) is 0 Å². The van der Waals surface area contributed by atoms with Crippen LogP contribution in [0.25, 0.3) is 11.1 Å². The monoisotopic (exact) mass is 446 g/mol. The second kappa shape index (κ2) is 7.67. The highest BCUT2D eigenvalue weighted by molar-refractivity contribution is 7.90. The summed E-state index contributed by atoms with van der Waals surface area (Å²) in [5.41, 5.74) is 1.19. The molecular weight excluding hydrogens is 422 g/mol. The molecule has 1 saturated heterocycles. The van der Waals surface area contributed by atoms with Crippen LogP contribution in [0.15, 0.2) is 42.5 Å². The Labute approximate surface area is 180 Å². The molecule has 31 heavy (non-hydrogen) atoms. The van der Waals surface area contributed by atoms with Gasteiger partial charge in [-0.2, -0.15) is 0 Å². The lowest BCUT2D eigenvalue weighted by atomic mass is 9.94. The predicted octanol–water partition coefficient (Wildman–Crippen LogP) is 3.42. The fourth-order valence-corrected chi connectivity index (χ4v) is 5.90. The van der Waals surface area contributed by atoms with Gasteiger partial charge in [-0.1, -0.05) is 30.3 Å². The van der Waals surface area contributed by atoms with Crippen molar-refractivity contribution < 1.29 is 22.0 Å². The molecule has 2 aromatic carbocycles. The number of nitrogens with zero attached hydrogens (tertiary/aromatic N) is 1. The van der Waals surface area contributed by atoms with E-state index in [1.54, 1.807) is 17.0 Å². The van der Waals surface area contributed by atoms with Crippen LogP contribution in [-0.4, -0.2) is 43.6 Å². The van der Waals surface area contributed by atoms with Crippen LogP contribution in [0.3, 0.4) is 0 Å². The van der Waals surface area contributed by atoms with Crippen LogP contribution in [0.5, 0.6) is 0 Å². The SMILES string of the molecule is O=C([C@@H]1C[C@H]1c1ccccc1-c1c(F)cccc1F)N1CC[C@H]1CNS(=O)(=O)C1CC1. The van der Waals surface area contributed by atoms with Gasteiger partial charge in [0.1, 0.15) is 11.6 Å². The Morgan fingerprint density at radius 3 is 2.39 bits per heavy atom. The lowest BCUT2D eigenvalue weighted by Crippen LogP contribution is -2.56. The standard InChI is InChI=1S/C23H24F2N2O3S/c24-20-6-3-7-21(25)22(20)17-5-2-1-4-16(17)18-12-19(18)23(28)27-11-10-14(27)13-26-31(29,30)15-8-9-15/h1-7,14-15,18-19,26H,8-13H2/t14-,18-,19+/m0/s1. The fraction of sp³-hybridized carbons (Fsp3) is 0.435. The van der Waals surface area contributed by atoms with Gasteiger partial charge in [0.2, 0.25) is 15.9 Å². The summed E-state index contributed by atoms with van der Waals surface area (Å²) < 4.78 is 55.5. The first kappa shape index (κ1) is 20.6. The van der Waals surface area contributed by atoms with Gasteiger partial charge < -0.3 is 4.90 Å². The van der Waals surface area contributed by atoms with E-state index in [1.165, 1.54) is 18.2 Å². The Morgan fingerprint density at radius 2 is 1.74 bits per heavy atom.